The summed E-state index contributed by atoms with van der Waals surface area (Å²) in [6.07, 6.45) is 1.65. The van der Waals surface area contributed by atoms with E-state index >= 15 is 0 Å². The molecule has 2 aromatic carbocycles. The van der Waals surface area contributed by atoms with Gasteiger partial charge in [-0.1, -0.05) is 42.5 Å². The standard InChI is InChI=1S/C27H33N3O3S/c1-26(2,3)33-25(32)30-16-14-20(15-17-30)28-24(31)27(4,19-10-6-5-7-11-19)18-23-29-21-12-8-9-13-22(21)34-23/h5-13,20H,14-18H2,1-4H3,(H,28,31). The van der Waals surface area contributed by atoms with Crippen molar-refractivity contribution in [2.45, 2.75) is 64.0 Å². The third kappa shape index (κ3) is 5.58. The van der Waals surface area contributed by atoms with Gasteiger partial charge < -0.3 is 15.0 Å². The number of carbonyl (C=O) groups excluding carboxylic acids is 2. The zero-order chi connectivity index (χ0) is 24.3. The van der Waals surface area contributed by atoms with Gasteiger partial charge in [0.1, 0.15) is 5.60 Å². The van der Waals surface area contributed by atoms with Crippen LogP contribution in [0.2, 0.25) is 0 Å². The summed E-state index contributed by atoms with van der Waals surface area (Å²) in [5, 5.41) is 4.23. The zero-order valence-electron chi connectivity index (χ0n) is 20.3. The number of rotatable bonds is 5. The minimum atomic E-state index is -0.753. The summed E-state index contributed by atoms with van der Waals surface area (Å²) in [5.74, 6) is -0.00586. The van der Waals surface area contributed by atoms with Crippen LogP contribution in [0.3, 0.4) is 0 Å². The van der Waals surface area contributed by atoms with Crippen LogP contribution in [0.1, 0.15) is 51.1 Å². The highest BCUT2D eigenvalue weighted by Crippen LogP contribution is 2.32. The van der Waals surface area contributed by atoms with Crippen LogP contribution >= 0.6 is 11.3 Å². The molecule has 0 spiro atoms. The number of likely N-dealkylation sites (tertiary alicyclic amines) is 1. The van der Waals surface area contributed by atoms with E-state index in [9.17, 15) is 9.59 Å². The van der Waals surface area contributed by atoms with Gasteiger partial charge in [-0.25, -0.2) is 9.78 Å². The summed E-state index contributed by atoms with van der Waals surface area (Å²) in [6, 6.07) is 18.0. The molecule has 1 aromatic heterocycles. The molecule has 0 bridgehead atoms. The van der Waals surface area contributed by atoms with Gasteiger partial charge in [-0.3, -0.25) is 4.79 Å². The topological polar surface area (TPSA) is 71.5 Å². The zero-order valence-corrected chi connectivity index (χ0v) is 21.2. The number of fused-ring (bicyclic) bond motifs is 1. The molecule has 34 heavy (non-hydrogen) atoms. The molecule has 3 aromatic rings. The predicted octanol–water partition coefficient (Wildman–Crippen LogP) is 5.31. The first-order valence-corrected chi connectivity index (χ1v) is 12.6. The number of nitrogens with one attached hydrogen (secondary N) is 1. The molecule has 1 unspecified atom stereocenters. The molecular formula is C27H33N3O3S. The van der Waals surface area contributed by atoms with Crippen LogP contribution in [0.4, 0.5) is 4.79 Å². The van der Waals surface area contributed by atoms with Crippen LogP contribution in [-0.4, -0.2) is 46.6 Å². The Morgan fingerprint density at radius 2 is 1.68 bits per heavy atom. The number of carbonyl (C=O) groups is 2. The molecule has 180 valence electrons. The normalized spacial score (nSPS) is 16.8. The molecule has 4 rings (SSSR count). The molecule has 6 nitrogen and oxygen atoms in total. The minimum Gasteiger partial charge on any atom is -0.444 e. The lowest BCUT2D eigenvalue weighted by Crippen LogP contribution is -2.52. The fourth-order valence-corrected chi connectivity index (χ4v) is 5.42. The van der Waals surface area contributed by atoms with E-state index in [2.05, 4.69) is 11.4 Å². The largest absolute Gasteiger partial charge is 0.444 e. The van der Waals surface area contributed by atoms with E-state index in [1.807, 2.05) is 76.2 Å². The van der Waals surface area contributed by atoms with Gasteiger partial charge in [0, 0.05) is 25.6 Å². The average Bonchev–Trinajstić information content (AvgIpc) is 3.21. The third-order valence-electron chi connectivity index (χ3n) is 6.24. The van der Waals surface area contributed by atoms with Crippen LogP contribution < -0.4 is 5.32 Å². The Bertz CT molecular complexity index is 1110. The Morgan fingerprint density at radius 1 is 1.03 bits per heavy atom. The first kappa shape index (κ1) is 24.2. The first-order chi connectivity index (χ1) is 16.1. The van der Waals surface area contributed by atoms with Crippen molar-refractivity contribution >= 4 is 33.6 Å². The molecule has 7 heteroatoms. The van der Waals surface area contributed by atoms with Gasteiger partial charge in [-0.15, -0.1) is 11.3 Å². The highest BCUT2D eigenvalue weighted by Gasteiger charge is 2.38. The number of benzene rings is 2. The number of hydrogen-bond acceptors (Lipinski definition) is 5. The Balaban J connectivity index is 1.47. The van der Waals surface area contributed by atoms with Crippen LogP contribution in [0, 0.1) is 0 Å². The minimum absolute atomic E-state index is 0.00586. The van der Waals surface area contributed by atoms with E-state index in [4.69, 9.17) is 9.72 Å². The smallest absolute Gasteiger partial charge is 0.410 e. The van der Waals surface area contributed by atoms with Crippen LogP contribution in [-0.2, 0) is 21.4 Å². The predicted molar refractivity (Wildman–Crippen MR) is 136 cm³/mol. The Morgan fingerprint density at radius 3 is 2.32 bits per heavy atom. The summed E-state index contributed by atoms with van der Waals surface area (Å²) in [6.45, 7) is 8.74. The quantitative estimate of drug-likeness (QED) is 0.538. The second-order valence-corrected chi connectivity index (χ2v) is 11.3. The second-order valence-electron chi connectivity index (χ2n) is 10.2. The van der Waals surface area contributed by atoms with Crippen molar-refractivity contribution in [3.63, 3.8) is 0 Å². The van der Waals surface area contributed by atoms with Crippen molar-refractivity contribution in [2.24, 2.45) is 0 Å². The molecular weight excluding hydrogens is 446 g/mol. The number of ether oxygens (including phenoxy) is 1. The summed E-state index contributed by atoms with van der Waals surface area (Å²) >= 11 is 1.64. The fourth-order valence-electron chi connectivity index (χ4n) is 4.29. The van der Waals surface area contributed by atoms with Gasteiger partial charge in [0.2, 0.25) is 5.91 Å². The van der Waals surface area contributed by atoms with Crippen LogP contribution in [0.5, 0.6) is 0 Å². The molecule has 1 atom stereocenters. The van der Waals surface area contributed by atoms with Crippen molar-refractivity contribution in [3.05, 3.63) is 65.2 Å². The molecule has 2 amide bonds. The van der Waals surface area contributed by atoms with E-state index in [0.29, 0.717) is 32.4 Å². The monoisotopic (exact) mass is 479 g/mol. The second kappa shape index (κ2) is 9.74. The van der Waals surface area contributed by atoms with Crippen LogP contribution in [0.25, 0.3) is 10.2 Å². The van der Waals surface area contributed by atoms with E-state index in [0.717, 1.165) is 20.8 Å². The highest BCUT2D eigenvalue weighted by molar-refractivity contribution is 7.18. The van der Waals surface area contributed by atoms with Gasteiger partial charge in [0.15, 0.2) is 0 Å². The number of nitrogens with zero attached hydrogens (tertiary/aromatic N) is 2. The first-order valence-electron chi connectivity index (χ1n) is 11.8. The number of para-hydroxylation sites is 1. The number of thiazole rings is 1. The summed E-state index contributed by atoms with van der Waals surface area (Å²) in [5.41, 5.74) is 0.670. The number of hydrogen-bond donors (Lipinski definition) is 1. The molecule has 1 saturated heterocycles. The molecule has 1 fully saturated rings. The van der Waals surface area contributed by atoms with Crippen molar-refractivity contribution < 1.29 is 14.3 Å². The number of amides is 2. The lowest BCUT2D eigenvalue weighted by atomic mass is 9.78. The Hall–Kier alpha value is -2.93. The van der Waals surface area contributed by atoms with Gasteiger partial charge in [0.05, 0.1) is 20.6 Å². The third-order valence-corrected chi connectivity index (χ3v) is 7.27. The molecule has 0 saturated carbocycles. The average molecular weight is 480 g/mol. The van der Waals surface area contributed by atoms with Crippen molar-refractivity contribution in [1.82, 2.24) is 15.2 Å². The highest BCUT2D eigenvalue weighted by atomic mass is 32.1. The molecule has 1 aliphatic heterocycles. The van der Waals surface area contributed by atoms with Crippen molar-refractivity contribution in [3.8, 4) is 0 Å². The maximum absolute atomic E-state index is 13.7. The van der Waals surface area contributed by atoms with Gasteiger partial charge in [-0.05, 0) is 58.2 Å². The summed E-state index contributed by atoms with van der Waals surface area (Å²) < 4.78 is 6.62. The fraction of sp³-hybridized carbons (Fsp3) is 0.444. The Labute approximate surface area is 205 Å². The SMILES string of the molecule is CC(C)(C)OC(=O)N1CCC(NC(=O)C(C)(Cc2nc3ccccc3s2)c2ccccc2)CC1. The van der Waals surface area contributed by atoms with Crippen LogP contribution in [0.15, 0.2) is 54.6 Å². The van der Waals surface area contributed by atoms with Gasteiger partial charge in [-0.2, -0.15) is 0 Å². The molecule has 1 aliphatic rings. The van der Waals surface area contributed by atoms with E-state index in [1.54, 1.807) is 16.2 Å². The molecule has 0 radical (unpaired) electrons. The Kier molecular flexibility index (Phi) is 6.94. The van der Waals surface area contributed by atoms with E-state index in [1.165, 1.54) is 0 Å². The lowest BCUT2D eigenvalue weighted by molar-refractivity contribution is -0.127. The van der Waals surface area contributed by atoms with Gasteiger partial charge >= 0.3 is 6.09 Å². The van der Waals surface area contributed by atoms with Gasteiger partial charge in [0.25, 0.3) is 0 Å². The molecule has 0 aliphatic carbocycles. The summed E-state index contributed by atoms with van der Waals surface area (Å²) in [4.78, 5) is 32.6. The maximum Gasteiger partial charge on any atom is 0.410 e. The van der Waals surface area contributed by atoms with Crippen molar-refractivity contribution in [2.75, 3.05) is 13.1 Å². The van der Waals surface area contributed by atoms with E-state index in [-0.39, 0.29) is 18.0 Å². The van der Waals surface area contributed by atoms with Crippen molar-refractivity contribution in [1.29, 1.82) is 0 Å². The number of aromatic nitrogens is 1. The van der Waals surface area contributed by atoms with E-state index < -0.39 is 11.0 Å². The molecule has 1 N–H and O–H groups in total. The molecule has 2 heterocycles. The maximum atomic E-state index is 13.7. The lowest BCUT2D eigenvalue weighted by Gasteiger charge is -2.36. The number of piperidine rings is 1. The summed E-state index contributed by atoms with van der Waals surface area (Å²) in [7, 11) is 0.